The van der Waals surface area contributed by atoms with Crippen molar-refractivity contribution in [2.75, 3.05) is 52.6 Å². The Morgan fingerprint density at radius 2 is 1.72 bits per heavy atom. The van der Waals surface area contributed by atoms with Gasteiger partial charge in [-0.25, -0.2) is 0 Å². The Kier molecular flexibility index (Phi) is 9.35. The van der Waals surface area contributed by atoms with Gasteiger partial charge in [-0.2, -0.15) is 0 Å². The molecule has 0 radical (unpaired) electrons. The van der Waals surface area contributed by atoms with Crippen molar-refractivity contribution in [2.24, 2.45) is 0 Å². The molecule has 1 saturated heterocycles. The van der Waals surface area contributed by atoms with Crippen molar-refractivity contribution in [3.63, 3.8) is 0 Å². The fraction of sp³-hybridized carbons (Fsp3) is 0.467. The van der Waals surface area contributed by atoms with Gasteiger partial charge in [-0.1, -0.05) is 26.8 Å². The number of nitrogens with zero attached hydrogens (tertiary/aromatic N) is 2. The molecule has 2 aromatic rings. The second-order valence-corrected chi connectivity index (χ2v) is 9.37. The quantitative estimate of drug-likeness (QED) is 0.241. The topological polar surface area (TPSA) is 97.8 Å². The van der Waals surface area contributed by atoms with Crippen molar-refractivity contribution < 1.29 is 33.6 Å². The van der Waals surface area contributed by atoms with Gasteiger partial charge >= 0.3 is 0 Å². The molecule has 1 N–H and O–H groups in total. The summed E-state index contributed by atoms with van der Waals surface area (Å²) in [5, 5.41) is 11.5. The van der Waals surface area contributed by atoms with Crippen LogP contribution in [-0.4, -0.2) is 79.2 Å². The van der Waals surface area contributed by atoms with Crippen LogP contribution in [0.1, 0.15) is 51.3 Å². The third-order valence-corrected chi connectivity index (χ3v) is 6.95. The first-order valence-corrected chi connectivity index (χ1v) is 13.7. The number of benzene rings is 2. The van der Waals surface area contributed by atoms with Crippen molar-refractivity contribution in [3.8, 4) is 23.0 Å². The number of carbonyl (C=O) groups is 2. The molecule has 1 atom stereocenters. The molecule has 4 rings (SSSR count). The molecule has 2 heterocycles. The van der Waals surface area contributed by atoms with Crippen LogP contribution in [0.2, 0.25) is 0 Å². The van der Waals surface area contributed by atoms with E-state index in [0.29, 0.717) is 73.6 Å². The molecule has 1 amide bonds. The summed E-state index contributed by atoms with van der Waals surface area (Å²) in [5.41, 5.74) is 1.06. The molecule has 39 heavy (non-hydrogen) atoms. The Morgan fingerprint density at radius 3 is 2.41 bits per heavy atom. The summed E-state index contributed by atoms with van der Waals surface area (Å²) >= 11 is 0. The summed E-state index contributed by atoms with van der Waals surface area (Å²) in [4.78, 5) is 30.6. The van der Waals surface area contributed by atoms with Gasteiger partial charge in [-0.05, 0) is 62.3 Å². The van der Waals surface area contributed by atoms with Gasteiger partial charge in [0.05, 0.1) is 24.8 Å². The summed E-state index contributed by atoms with van der Waals surface area (Å²) in [5.74, 6) is 0.537. The largest absolute Gasteiger partial charge is 0.507 e. The lowest BCUT2D eigenvalue weighted by molar-refractivity contribution is -0.140. The van der Waals surface area contributed by atoms with E-state index in [4.69, 9.17) is 18.9 Å². The number of ketones is 1. The van der Waals surface area contributed by atoms with E-state index in [-0.39, 0.29) is 11.3 Å². The SMILES string of the molecule is CCCOc1ccc([C@H]2/C(=C(\O)c3ccc4c(c3)OCCO4)C(=O)C(=O)N2CCN(CC)CC)cc1OCC. The zero-order valence-electron chi connectivity index (χ0n) is 23.2. The van der Waals surface area contributed by atoms with E-state index in [0.717, 1.165) is 19.5 Å². The highest BCUT2D eigenvalue weighted by Crippen LogP contribution is 2.43. The number of aliphatic hydroxyl groups is 1. The number of Topliss-reactive ketones (excluding diaryl/α,β-unsaturated/α-hetero) is 1. The Hall–Kier alpha value is -3.72. The van der Waals surface area contributed by atoms with Crippen molar-refractivity contribution in [1.82, 2.24) is 9.80 Å². The zero-order valence-corrected chi connectivity index (χ0v) is 23.2. The van der Waals surface area contributed by atoms with Gasteiger partial charge in [0.1, 0.15) is 19.0 Å². The smallest absolute Gasteiger partial charge is 0.295 e. The standard InChI is InChI=1S/C30H38N2O7/c1-5-15-37-22-11-9-20(18-24(22)36-8-4)27-26(29(34)30(35)32(27)14-13-31(6-2)7-3)28(33)21-10-12-23-25(19-21)39-17-16-38-23/h9-12,18-19,27,33H,5-8,13-17H2,1-4H3/b28-26+/t27-/m0/s1. The number of hydrogen-bond acceptors (Lipinski definition) is 8. The van der Waals surface area contributed by atoms with Gasteiger partial charge in [0.15, 0.2) is 23.0 Å². The highest BCUT2D eigenvalue weighted by atomic mass is 16.6. The summed E-state index contributed by atoms with van der Waals surface area (Å²) < 4.78 is 23.0. The minimum absolute atomic E-state index is 0.0286. The van der Waals surface area contributed by atoms with E-state index >= 15 is 0 Å². The van der Waals surface area contributed by atoms with Crippen molar-refractivity contribution in [3.05, 3.63) is 53.1 Å². The summed E-state index contributed by atoms with van der Waals surface area (Å²) in [6.07, 6.45) is 0.842. The number of aliphatic hydroxyl groups excluding tert-OH is 1. The average Bonchev–Trinajstić information content (AvgIpc) is 3.21. The van der Waals surface area contributed by atoms with E-state index in [1.807, 2.05) is 19.9 Å². The first-order chi connectivity index (χ1) is 18.9. The molecule has 9 heteroatoms. The molecule has 210 valence electrons. The second-order valence-electron chi connectivity index (χ2n) is 9.37. The first kappa shape index (κ1) is 28.3. The summed E-state index contributed by atoms with van der Waals surface area (Å²) in [7, 11) is 0. The van der Waals surface area contributed by atoms with E-state index in [2.05, 4.69) is 18.7 Å². The predicted molar refractivity (Wildman–Crippen MR) is 148 cm³/mol. The van der Waals surface area contributed by atoms with Gasteiger partial charge < -0.3 is 33.9 Å². The number of ether oxygens (including phenoxy) is 4. The van der Waals surface area contributed by atoms with Crippen LogP contribution in [0.25, 0.3) is 5.76 Å². The maximum absolute atomic E-state index is 13.5. The predicted octanol–water partition coefficient (Wildman–Crippen LogP) is 4.41. The Labute approximate surface area is 229 Å². The maximum atomic E-state index is 13.5. The minimum atomic E-state index is -0.798. The van der Waals surface area contributed by atoms with Gasteiger partial charge in [0.2, 0.25) is 0 Å². The molecular formula is C30H38N2O7. The van der Waals surface area contributed by atoms with Crippen LogP contribution in [0.5, 0.6) is 23.0 Å². The van der Waals surface area contributed by atoms with E-state index in [1.165, 1.54) is 0 Å². The van der Waals surface area contributed by atoms with Crippen LogP contribution < -0.4 is 18.9 Å². The first-order valence-electron chi connectivity index (χ1n) is 13.7. The molecule has 0 aliphatic carbocycles. The highest BCUT2D eigenvalue weighted by molar-refractivity contribution is 6.46. The Bertz CT molecular complexity index is 1220. The number of likely N-dealkylation sites (tertiary alicyclic amines) is 1. The molecule has 0 bridgehead atoms. The number of likely N-dealkylation sites (N-methyl/N-ethyl adjacent to an activating group) is 1. The number of rotatable bonds is 12. The van der Waals surface area contributed by atoms with E-state index in [1.54, 1.807) is 35.2 Å². The number of hydrogen-bond donors (Lipinski definition) is 1. The monoisotopic (exact) mass is 538 g/mol. The lowest BCUT2D eigenvalue weighted by atomic mass is 9.94. The van der Waals surface area contributed by atoms with Crippen LogP contribution in [0.4, 0.5) is 0 Å². The fourth-order valence-corrected chi connectivity index (χ4v) is 4.89. The number of carbonyl (C=O) groups excluding carboxylic acids is 2. The third-order valence-electron chi connectivity index (χ3n) is 6.95. The lowest BCUT2D eigenvalue weighted by Gasteiger charge is -2.28. The van der Waals surface area contributed by atoms with Crippen molar-refractivity contribution in [2.45, 2.75) is 40.2 Å². The molecule has 1 fully saturated rings. The molecule has 2 aromatic carbocycles. The van der Waals surface area contributed by atoms with Crippen LogP contribution in [0, 0.1) is 0 Å². The number of fused-ring (bicyclic) bond motifs is 1. The van der Waals surface area contributed by atoms with Gasteiger partial charge in [-0.3, -0.25) is 9.59 Å². The van der Waals surface area contributed by atoms with Gasteiger partial charge in [0.25, 0.3) is 11.7 Å². The van der Waals surface area contributed by atoms with E-state index < -0.39 is 17.7 Å². The molecule has 0 spiro atoms. The molecule has 2 aliphatic rings. The van der Waals surface area contributed by atoms with Crippen LogP contribution in [0.15, 0.2) is 42.0 Å². The highest BCUT2D eigenvalue weighted by Gasteiger charge is 2.46. The van der Waals surface area contributed by atoms with Gasteiger partial charge in [0, 0.05) is 18.7 Å². The fourth-order valence-electron chi connectivity index (χ4n) is 4.89. The van der Waals surface area contributed by atoms with Gasteiger partial charge in [-0.15, -0.1) is 0 Å². The van der Waals surface area contributed by atoms with Crippen molar-refractivity contribution >= 4 is 17.4 Å². The van der Waals surface area contributed by atoms with E-state index in [9.17, 15) is 14.7 Å². The molecule has 2 aliphatic heterocycles. The zero-order chi connectivity index (χ0) is 27.9. The van der Waals surface area contributed by atoms with Crippen molar-refractivity contribution in [1.29, 1.82) is 0 Å². The second kappa shape index (κ2) is 12.9. The van der Waals surface area contributed by atoms with Crippen LogP contribution in [-0.2, 0) is 9.59 Å². The molecule has 0 aromatic heterocycles. The average molecular weight is 539 g/mol. The third kappa shape index (κ3) is 5.98. The Morgan fingerprint density at radius 1 is 0.974 bits per heavy atom. The number of amides is 1. The lowest BCUT2D eigenvalue weighted by Crippen LogP contribution is -2.38. The summed E-state index contributed by atoms with van der Waals surface area (Å²) in [6, 6.07) is 9.62. The maximum Gasteiger partial charge on any atom is 0.295 e. The molecular weight excluding hydrogens is 500 g/mol. The van der Waals surface area contributed by atoms with Crippen LogP contribution in [0.3, 0.4) is 0 Å². The minimum Gasteiger partial charge on any atom is -0.507 e. The van der Waals surface area contributed by atoms with Crippen LogP contribution >= 0.6 is 0 Å². The molecule has 9 nitrogen and oxygen atoms in total. The molecule has 0 saturated carbocycles. The Balaban J connectivity index is 1.81. The normalized spacial score (nSPS) is 18.1. The summed E-state index contributed by atoms with van der Waals surface area (Å²) in [6.45, 7) is 12.4. The molecule has 0 unspecified atom stereocenters.